The number of hydrogen-bond donors (Lipinski definition) is 2. The molecule has 1 aliphatic rings. The van der Waals surface area contributed by atoms with Crippen LogP contribution in [0.1, 0.15) is 41.4 Å². The molecule has 168 valence electrons. The summed E-state index contributed by atoms with van der Waals surface area (Å²) in [6.45, 7) is 3.12. The summed E-state index contributed by atoms with van der Waals surface area (Å²) in [4.78, 5) is 16.2. The lowest BCUT2D eigenvalue weighted by Gasteiger charge is -2.33. The van der Waals surface area contributed by atoms with Crippen molar-refractivity contribution in [3.63, 3.8) is 0 Å². The normalized spacial score (nSPS) is 18.4. The number of nitrogens with one attached hydrogen (secondary N) is 2. The van der Waals surface area contributed by atoms with E-state index in [9.17, 15) is 13.6 Å². The van der Waals surface area contributed by atoms with E-state index in [1.54, 1.807) is 13.3 Å². The molecule has 1 amide bonds. The number of amides is 1. The number of hydrogen-bond acceptors (Lipinski definition) is 4. The first-order valence-corrected chi connectivity index (χ1v) is 10.5. The number of imidazole rings is 1. The molecule has 2 heterocycles. The SMILES string of the molecule is COc1ccc(CN[C@@H]2CCC(=O)N[C@H]2c2cc(F)cc(F)c2)cc1Cn1ccnc1C. The number of ether oxygens (including phenoxy) is 1. The van der Waals surface area contributed by atoms with Gasteiger partial charge in [0.15, 0.2) is 0 Å². The van der Waals surface area contributed by atoms with E-state index in [4.69, 9.17) is 4.74 Å². The van der Waals surface area contributed by atoms with Crippen molar-refractivity contribution in [2.24, 2.45) is 0 Å². The summed E-state index contributed by atoms with van der Waals surface area (Å²) < 4.78 is 35.1. The van der Waals surface area contributed by atoms with Gasteiger partial charge in [-0.05, 0) is 48.7 Å². The van der Waals surface area contributed by atoms with Crippen molar-refractivity contribution in [2.75, 3.05) is 7.11 Å². The minimum absolute atomic E-state index is 0.125. The van der Waals surface area contributed by atoms with Crippen LogP contribution in [0.25, 0.3) is 0 Å². The lowest BCUT2D eigenvalue weighted by Crippen LogP contribution is -2.48. The van der Waals surface area contributed by atoms with Crippen molar-refractivity contribution in [1.29, 1.82) is 0 Å². The van der Waals surface area contributed by atoms with E-state index in [0.29, 0.717) is 31.5 Å². The summed E-state index contributed by atoms with van der Waals surface area (Å²) >= 11 is 0. The highest BCUT2D eigenvalue weighted by Gasteiger charge is 2.30. The number of rotatable bonds is 7. The Kier molecular flexibility index (Phi) is 6.50. The highest BCUT2D eigenvalue weighted by Crippen LogP contribution is 2.27. The number of carbonyl (C=O) groups is 1. The molecule has 2 aromatic carbocycles. The van der Waals surface area contributed by atoms with Gasteiger partial charge in [-0.25, -0.2) is 13.8 Å². The van der Waals surface area contributed by atoms with Crippen LogP contribution in [0, 0.1) is 18.6 Å². The lowest BCUT2D eigenvalue weighted by atomic mass is 9.91. The maximum Gasteiger partial charge on any atom is 0.220 e. The highest BCUT2D eigenvalue weighted by molar-refractivity contribution is 5.77. The molecule has 3 aromatic rings. The number of halogens is 2. The number of piperidine rings is 1. The van der Waals surface area contributed by atoms with Crippen molar-refractivity contribution in [1.82, 2.24) is 20.2 Å². The van der Waals surface area contributed by atoms with Crippen LogP contribution in [-0.4, -0.2) is 28.6 Å². The molecule has 1 saturated heterocycles. The number of benzene rings is 2. The van der Waals surface area contributed by atoms with E-state index in [1.807, 2.05) is 29.8 Å². The van der Waals surface area contributed by atoms with Gasteiger partial charge >= 0.3 is 0 Å². The van der Waals surface area contributed by atoms with Crippen molar-refractivity contribution >= 4 is 5.91 Å². The number of methoxy groups -OCH3 is 1. The number of aryl methyl sites for hydroxylation is 1. The van der Waals surface area contributed by atoms with Crippen LogP contribution in [-0.2, 0) is 17.9 Å². The standard InChI is InChI=1S/C24H26F2N4O2/c1-15-27-7-8-30(15)14-18-9-16(3-5-22(18)32-2)13-28-21-4-6-23(31)29-24(21)17-10-19(25)12-20(26)11-17/h3,5,7-12,21,24,28H,4,6,13-14H2,1-2H3,(H,29,31)/t21-,24+/m1/s1. The number of nitrogens with zero attached hydrogens (tertiary/aromatic N) is 2. The molecule has 0 bridgehead atoms. The summed E-state index contributed by atoms with van der Waals surface area (Å²) in [5.74, 6) is 0.264. The molecule has 0 spiro atoms. The van der Waals surface area contributed by atoms with Crippen LogP contribution < -0.4 is 15.4 Å². The fourth-order valence-corrected chi connectivity index (χ4v) is 4.16. The second-order valence-corrected chi connectivity index (χ2v) is 8.02. The minimum atomic E-state index is -0.659. The Morgan fingerprint density at radius 2 is 2.00 bits per heavy atom. The Morgan fingerprint density at radius 3 is 2.69 bits per heavy atom. The topological polar surface area (TPSA) is 68.2 Å². The van der Waals surface area contributed by atoms with E-state index in [2.05, 4.69) is 21.7 Å². The molecule has 0 unspecified atom stereocenters. The molecule has 1 aromatic heterocycles. The molecule has 1 aliphatic heterocycles. The molecule has 4 rings (SSSR count). The molecular formula is C24H26F2N4O2. The van der Waals surface area contributed by atoms with Gasteiger partial charge in [-0.15, -0.1) is 0 Å². The summed E-state index contributed by atoms with van der Waals surface area (Å²) in [5, 5.41) is 6.34. The molecule has 0 aliphatic carbocycles. The molecule has 32 heavy (non-hydrogen) atoms. The van der Waals surface area contributed by atoms with Crippen LogP contribution >= 0.6 is 0 Å². The predicted octanol–water partition coefficient (Wildman–Crippen LogP) is 3.64. The first-order chi connectivity index (χ1) is 15.4. The van der Waals surface area contributed by atoms with Crippen molar-refractivity contribution in [3.8, 4) is 5.75 Å². The quantitative estimate of drug-likeness (QED) is 0.589. The van der Waals surface area contributed by atoms with Crippen LogP contribution in [0.3, 0.4) is 0 Å². The smallest absolute Gasteiger partial charge is 0.220 e. The highest BCUT2D eigenvalue weighted by atomic mass is 19.1. The van der Waals surface area contributed by atoms with Gasteiger partial charge in [0.2, 0.25) is 5.91 Å². The van der Waals surface area contributed by atoms with E-state index in [0.717, 1.165) is 28.8 Å². The fourth-order valence-electron chi connectivity index (χ4n) is 4.16. The summed E-state index contributed by atoms with van der Waals surface area (Å²) in [6.07, 6.45) is 4.62. The zero-order valence-electron chi connectivity index (χ0n) is 18.1. The maximum absolute atomic E-state index is 13.8. The molecule has 0 radical (unpaired) electrons. The molecule has 2 N–H and O–H groups in total. The minimum Gasteiger partial charge on any atom is -0.496 e. The van der Waals surface area contributed by atoms with Crippen LogP contribution in [0.15, 0.2) is 48.8 Å². The van der Waals surface area contributed by atoms with Gasteiger partial charge < -0.3 is 19.9 Å². The zero-order valence-corrected chi connectivity index (χ0v) is 18.1. The lowest BCUT2D eigenvalue weighted by molar-refractivity contribution is -0.123. The monoisotopic (exact) mass is 440 g/mol. The zero-order chi connectivity index (χ0) is 22.7. The maximum atomic E-state index is 13.8. The van der Waals surface area contributed by atoms with Crippen LogP contribution in [0.4, 0.5) is 8.78 Å². The summed E-state index contributed by atoms with van der Waals surface area (Å²) in [7, 11) is 1.64. The van der Waals surface area contributed by atoms with Gasteiger partial charge in [0.1, 0.15) is 23.2 Å². The van der Waals surface area contributed by atoms with Gasteiger partial charge in [-0.2, -0.15) is 0 Å². The number of aromatic nitrogens is 2. The first kappa shape index (κ1) is 22.0. The van der Waals surface area contributed by atoms with Crippen LogP contribution in [0.5, 0.6) is 5.75 Å². The third-order valence-electron chi connectivity index (χ3n) is 5.82. The van der Waals surface area contributed by atoms with E-state index in [1.165, 1.54) is 12.1 Å². The van der Waals surface area contributed by atoms with Crippen LogP contribution in [0.2, 0.25) is 0 Å². The molecule has 1 fully saturated rings. The van der Waals surface area contributed by atoms with Gasteiger partial charge in [-0.3, -0.25) is 4.79 Å². The Morgan fingerprint density at radius 1 is 1.22 bits per heavy atom. The Hall–Kier alpha value is -3.26. The Balaban J connectivity index is 1.51. The summed E-state index contributed by atoms with van der Waals surface area (Å²) in [6, 6.07) is 8.69. The van der Waals surface area contributed by atoms with Gasteiger partial charge in [0.25, 0.3) is 0 Å². The Labute approximate surface area is 185 Å². The average Bonchev–Trinajstić information content (AvgIpc) is 3.16. The second kappa shape index (κ2) is 9.48. The number of carbonyl (C=O) groups excluding carboxylic acids is 1. The summed E-state index contributed by atoms with van der Waals surface area (Å²) in [5.41, 5.74) is 2.48. The van der Waals surface area contributed by atoms with E-state index < -0.39 is 17.7 Å². The molecule has 8 heteroatoms. The first-order valence-electron chi connectivity index (χ1n) is 10.5. The van der Waals surface area contributed by atoms with Crippen molar-refractivity contribution < 1.29 is 18.3 Å². The molecular weight excluding hydrogens is 414 g/mol. The largest absolute Gasteiger partial charge is 0.496 e. The fraction of sp³-hybridized carbons (Fsp3) is 0.333. The predicted molar refractivity (Wildman–Crippen MR) is 116 cm³/mol. The van der Waals surface area contributed by atoms with E-state index >= 15 is 0 Å². The van der Waals surface area contributed by atoms with E-state index in [-0.39, 0.29) is 11.9 Å². The third-order valence-corrected chi connectivity index (χ3v) is 5.82. The second-order valence-electron chi connectivity index (χ2n) is 8.02. The Bertz CT molecular complexity index is 1090. The third kappa shape index (κ3) is 4.96. The van der Waals surface area contributed by atoms with Gasteiger partial charge in [0, 0.05) is 43.0 Å². The molecule has 6 nitrogen and oxygen atoms in total. The molecule has 0 saturated carbocycles. The van der Waals surface area contributed by atoms with Crippen molar-refractivity contribution in [2.45, 2.75) is 44.9 Å². The molecule has 2 atom stereocenters. The average molecular weight is 440 g/mol. The van der Waals surface area contributed by atoms with Crippen molar-refractivity contribution in [3.05, 3.63) is 82.9 Å². The van der Waals surface area contributed by atoms with Gasteiger partial charge in [-0.1, -0.05) is 6.07 Å². The van der Waals surface area contributed by atoms with Gasteiger partial charge in [0.05, 0.1) is 19.7 Å².